The molecule has 0 radical (unpaired) electrons. The van der Waals surface area contributed by atoms with E-state index in [9.17, 15) is 4.79 Å². The van der Waals surface area contributed by atoms with Gasteiger partial charge in [0.25, 0.3) is 0 Å². The van der Waals surface area contributed by atoms with Crippen molar-refractivity contribution in [3.05, 3.63) is 29.7 Å². The third-order valence-electron chi connectivity index (χ3n) is 1.76. The summed E-state index contributed by atoms with van der Waals surface area (Å²) >= 11 is 1.23. The SMILES string of the molecule is C#CCOC(=O)c1cnc(-c2ccoc2)s1. The van der Waals surface area contributed by atoms with Crippen molar-refractivity contribution in [3.63, 3.8) is 0 Å². The Labute approximate surface area is 95.9 Å². The topological polar surface area (TPSA) is 52.3 Å². The lowest BCUT2D eigenvalue weighted by Gasteiger charge is -1.95. The second-order valence-electron chi connectivity index (χ2n) is 2.82. The molecule has 80 valence electrons. The van der Waals surface area contributed by atoms with E-state index in [2.05, 4.69) is 10.9 Å². The molecule has 0 aliphatic carbocycles. The van der Waals surface area contributed by atoms with E-state index < -0.39 is 5.97 Å². The number of esters is 1. The van der Waals surface area contributed by atoms with Gasteiger partial charge in [0, 0.05) is 5.56 Å². The average Bonchev–Trinajstić information content (AvgIpc) is 2.94. The van der Waals surface area contributed by atoms with Gasteiger partial charge in [-0.1, -0.05) is 5.92 Å². The van der Waals surface area contributed by atoms with Gasteiger partial charge in [0.1, 0.15) is 16.1 Å². The van der Waals surface area contributed by atoms with Gasteiger partial charge >= 0.3 is 5.97 Å². The molecule has 0 N–H and O–H groups in total. The van der Waals surface area contributed by atoms with Gasteiger partial charge in [-0.25, -0.2) is 9.78 Å². The van der Waals surface area contributed by atoms with Crippen LogP contribution in [-0.4, -0.2) is 17.6 Å². The number of ether oxygens (including phenoxy) is 1. The molecule has 0 amide bonds. The van der Waals surface area contributed by atoms with Crippen molar-refractivity contribution in [1.29, 1.82) is 0 Å². The predicted octanol–water partition coefficient (Wildman–Crippen LogP) is 2.19. The number of nitrogens with zero attached hydrogens (tertiary/aromatic N) is 1. The van der Waals surface area contributed by atoms with Gasteiger partial charge in [-0.05, 0) is 6.07 Å². The third-order valence-corrected chi connectivity index (χ3v) is 2.79. The number of furan rings is 1. The molecule has 0 atom stereocenters. The Hall–Kier alpha value is -2.06. The number of aromatic nitrogens is 1. The van der Waals surface area contributed by atoms with Gasteiger partial charge in [0.2, 0.25) is 0 Å². The number of hydrogen-bond donors (Lipinski definition) is 0. The van der Waals surface area contributed by atoms with E-state index in [1.807, 2.05) is 0 Å². The van der Waals surface area contributed by atoms with Crippen molar-refractivity contribution >= 4 is 17.3 Å². The van der Waals surface area contributed by atoms with Crippen LogP contribution < -0.4 is 0 Å². The molecule has 0 spiro atoms. The number of thiazole rings is 1. The highest BCUT2D eigenvalue weighted by molar-refractivity contribution is 7.16. The van der Waals surface area contributed by atoms with E-state index in [-0.39, 0.29) is 6.61 Å². The Morgan fingerprint density at radius 3 is 3.25 bits per heavy atom. The molecule has 0 unspecified atom stereocenters. The molecule has 0 saturated carbocycles. The van der Waals surface area contributed by atoms with Crippen LogP contribution in [0, 0.1) is 12.3 Å². The van der Waals surface area contributed by atoms with Gasteiger partial charge in [-0.3, -0.25) is 0 Å². The first-order chi connectivity index (χ1) is 7.81. The zero-order valence-electron chi connectivity index (χ0n) is 8.17. The lowest BCUT2D eigenvalue weighted by atomic mass is 10.4. The fourth-order valence-electron chi connectivity index (χ4n) is 1.07. The van der Waals surface area contributed by atoms with Gasteiger partial charge in [-0.2, -0.15) is 0 Å². The Morgan fingerprint density at radius 1 is 1.69 bits per heavy atom. The van der Waals surface area contributed by atoms with E-state index in [0.717, 1.165) is 5.56 Å². The summed E-state index contributed by atoms with van der Waals surface area (Å²) in [7, 11) is 0. The maximum atomic E-state index is 11.4. The predicted molar refractivity (Wildman–Crippen MR) is 58.9 cm³/mol. The summed E-state index contributed by atoms with van der Waals surface area (Å²) in [5, 5.41) is 0.710. The first-order valence-corrected chi connectivity index (χ1v) is 5.22. The van der Waals surface area contributed by atoms with Crippen LogP contribution >= 0.6 is 11.3 Å². The molecule has 0 bridgehead atoms. The van der Waals surface area contributed by atoms with E-state index in [1.54, 1.807) is 18.6 Å². The van der Waals surface area contributed by atoms with E-state index in [0.29, 0.717) is 9.88 Å². The summed E-state index contributed by atoms with van der Waals surface area (Å²) in [4.78, 5) is 15.9. The molecule has 16 heavy (non-hydrogen) atoms. The molecule has 0 fully saturated rings. The Balaban J connectivity index is 2.14. The molecule has 4 nitrogen and oxygen atoms in total. The average molecular weight is 233 g/mol. The number of carbonyl (C=O) groups is 1. The van der Waals surface area contributed by atoms with Crippen molar-refractivity contribution in [2.45, 2.75) is 0 Å². The van der Waals surface area contributed by atoms with Crippen molar-refractivity contribution in [3.8, 4) is 22.9 Å². The minimum atomic E-state index is -0.454. The fraction of sp³-hybridized carbons (Fsp3) is 0.0909. The minimum absolute atomic E-state index is 0.0300. The maximum Gasteiger partial charge on any atom is 0.350 e. The normalized spacial score (nSPS) is 9.69. The summed E-state index contributed by atoms with van der Waals surface area (Å²) in [5.74, 6) is 1.78. The lowest BCUT2D eigenvalue weighted by Crippen LogP contribution is -2.02. The summed E-state index contributed by atoms with van der Waals surface area (Å²) < 4.78 is 9.71. The van der Waals surface area contributed by atoms with Crippen molar-refractivity contribution in [2.75, 3.05) is 6.61 Å². The quantitative estimate of drug-likeness (QED) is 0.602. The van der Waals surface area contributed by atoms with Crippen LogP contribution in [0.25, 0.3) is 10.6 Å². The molecule has 2 aromatic heterocycles. The summed E-state index contributed by atoms with van der Waals surface area (Å²) in [6.07, 6.45) is 9.56. The van der Waals surface area contributed by atoms with Gasteiger partial charge in [0.05, 0.1) is 12.5 Å². The minimum Gasteiger partial charge on any atom is -0.472 e. The Morgan fingerprint density at radius 2 is 2.56 bits per heavy atom. The van der Waals surface area contributed by atoms with Gasteiger partial charge < -0.3 is 9.15 Å². The Bertz CT molecular complexity index is 522. The van der Waals surface area contributed by atoms with Crippen LogP contribution in [0.2, 0.25) is 0 Å². The molecule has 2 rings (SSSR count). The molecule has 5 heteroatoms. The highest BCUT2D eigenvalue weighted by Gasteiger charge is 2.12. The zero-order chi connectivity index (χ0) is 11.4. The molecular formula is C11H7NO3S. The molecule has 0 aliphatic rings. The molecule has 2 aromatic rings. The number of hydrogen-bond acceptors (Lipinski definition) is 5. The smallest absolute Gasteiger partial charge is 0.350 e. The van der Waals surface area contributed by atoms with Crippen molar-refractivity contribution in [1.82, 2.24) is 4.98 Å². The third kappa shape index (κ3) is 2.12. The second kappa shape index (κ2) is 4.64. The van der Waals surface area contributed by atoms with Crippen LogP contribution in [0.5, 0.6) is 0 Å². The highest BCUT2D eigenvalue weighted by atomic mass is 32.1. The first kappa shape index (κ1) is 10.5. The number of terminal acetylenes is 1. The highest BCUT2D eigenvalue weighted by Crippen LogP contribution is 2.25. The summed E-state index contributed by atoms with van der Waals surface area (Å²) in [6.45, 7) is -0.0300. The molecule has 2 heterocycles. The second-order valence-corrected chi connectivity index (χ2v) is 3.85. The van der Waals surface area contributed by atoms with Crippen molar-refractivity contribution in [2.24, 2.45) is 0 Å². The van der Waals surface area contributed by atoms with Crippen molar-refractivity contribution < 1.29 is 13.9 Å². The monoisotopic (exact) mass is 233 g/mol. The van der Waals surface area contributed by atoms with E-state index >= 15 is 0 Å². The zero-order valence-corrected chi connectivity index (χ0v) is 8.99. The van der Waals surface area contributed by atoms with Gasteiger partial charge in [0.15, 0.2) is 6.61 Å². The lowest BCUT2D eigenvalue weighted by molar-refractivity contribution is 0.0562. The molecule has 0 aromatic carbocycles. The summed E-state index contributed by atoms with van der Waals surface area (Å²) in [6, 6.07) is 1.77. The van der Waals surface area contributed by atoms with Crippen LogP contribution in [0.3, 0.4) is 0 Å². The standard InChI is InChI=1S/C11H7NO3S/c1-2-4-15-11(13)9-6-12-10(16-9)8-3-5-14-7-8/h1,3,5-7H,4H2. The number of carbonyl (C=O) groups excluding carboxylic acids is 1. The largest absolute Gasteiger partial charge is 0.472 e. The van der Waals surface area contributed by atoms with Crippen LogP contribution in [0.4, 0.5) is 0 Å². The first-order valence-electron chi connectivity index (χ1n) is 4.40. The van der Waals surface area contributed by atoms with Crippen LogP contribution in [-0.2, 0) is 4.74 Å². The maximum absolute atomic E-state index is 11.4. The van der Waals surface area contributed by atoms with Crippen LogP contribution in [0.15, 0.2) is 29.2 Å². The molecular weight excluding hydrogens is 226 g/mol. The summed E-state index contributed by atoms with van der Waals surface area (Å²) in [5.41, 5.74) is 0.834. The Kier molecular flexibility index (Phi) is 3.03. The van der Waals surface area contributed by atoms with Crippen LogP contribution in [0.1, 0.15) is 9.67 Å². The van der Waals surface area contributed by atoms with Gasteiger partial charge in [-0.15, -0.1) is 17.8 Å². The van der Waals surface area contributed by atoms with E-state index in [1.165, 1.54) is 17.5 Å². The number of rotatable bonds is 3. The molecule has 0 saturated heterocycles. The fourth-order valence-corrected chi connectivity index (χ4v) is 1.86. The molecule has 0 aliphatic heterocycles. The van der Waals surface area contributed by atoms with E-state index in [4.69, 9.17) is 15.6 Å².